The molecule has 6 nitrogen and oxygen atoms in total. The number of nitrogens with zero attached hydrogens (tertiary/aromatic N) is 4. The summed E-state index contributed by atoms with van der Waals surface area (Å²) < 4.78 is 0. The molecule has 0 spiro atoms. The summed E-state index contributed by atoms with van der Waals surface area (Å²) in [7, 11) is 1.79. The molecule has 2 rings (SSSR count). The topological polar surface area (TPSA) is 55.8 Å². The highest BCUT2D eigenvalue weighted by molar-refractivity contribution is 5.80. The van der Waals surface area contributed by atoms with Crippen LogP contribution in [-0.2, 0) is 6.54 Å². The van der Waals surface area contributed by atoms with Crippen molar-refractivity contribution >= 4 is 11.8 Å². The summed E-state index contributed by atoms with van der Waals surface area (Å²) in [6.45, 7) is 14.8. The molecule has 24 heavy (non-hydrogen) atoms. The van der Waals surface area contributed by atoms with Crippen LogP contribution in [0, 0.1) is 0 Å². The first kappa shape index (κ1) is 18.5. The summed E-state index contributed by atoms with van der Waals surface area (Å²) in [5, 5.41) is 6.69. The zero-order chi connectivity index (χ0) is 17.6. The molecule has 0 bridgehead atoms. The number of guanidine groups is 1. The van der Waals surface area contributed by atoms with Crippen molar-refractivity contribution in [2.45, 2.75) is 39.8 Å². The second-order valence-corrected chi connectivity index (χ2v) is 7.25. The maximum absolute atomic E-state index is 4.64. The predicted molar refractivity (Wildman–Crippen MR) is 102 cm³/mol. The summed E-state index contributed by atoms with van der Waals surface area (Å²) in [4.78, 5) is 13.7. The maximum Gasteiger partial charge on any atom is 0.191 e. The number of pyridine rings is 1. The van der Waals surface area contributed by atoms with Gasteiger partial charge < -0.3 is 20.4 Å². The summed E-state index contributed by atoms with van der Waals surface area (Å²) >= 11 is 0. The molecule has 1 aromatic rings. The van der Waals surface area contributed by atoms with E-state index in [0.29, 0.717) is 6.54 Å². The van der Waals surface area contributed by atoms with Gasteiger partial charge in [-0.05, 0) is 38.9 Å². The van der Waals surface area contributed by atoms with Gasteiger partial charge in [0.05, 0.1) is 0 Å². The first-order valence-electron chi connectivity index (χ1n) is 8.82. The van der Waals surface area contributed by atoms with E-state index in [4.69, 9.17) is 0 Å². The molecule has 1 aliphatic rings. The van der Waals surface area contributed by atoms with Crippen molar-refractivity contribution < 1.29 is 0 Å². The van der Waals surface area contributed by atoms with Crippen LogP contribution in [0.5, 0.6) is 0 Å². The van der Waals surface area contributed by atoms with Crippen molar-refractivity contribution in [3.05, 3.63) is 23.9 Å². The first-order valence-corrected chi connectivity index (χ1v) is 8.82. The third-order valence-electron chi connectivity index (χ3n) is 4.13. The molecule has 134 valence electrons. The fourth-order valence-electron chi connectivity index (χ4n) is 2.72. The number of hydrogen-bond donors (Lipinski definition) is 2. The minimum atomic E-state index is -0.00934. The predicted octanol–water partition coefficient (Wildman–Crippen LogP) is 1.69. The quantitative estimate of drug-likeness (QED) is 0.649. The van der Waals surface area contributed by atoms with E-state index in [1.807, 2.05) is 6.20 Å². The van der Waals surface area contributed by atoms with Gasteiger partial charge in [0.15, 0.2) is 5.96 Å². The number of rotatable bonds is 4. The number of aromatic nitrogens is 1. The number of piperazine rings is 1. The molecule has 2 N–H and O–H groups in total. The van der Waals surface area contributed by atoms with Gasteiger partial charge in [-0.15, -0.1) is 0 Å². The molecule has 0 unspecified atom stereocenters. The van der Waals surface area contributed by atoms with E-state index in [9.17, 15) is 0 Å². The number of aliphatic imine (C=N–C) groups is 1. The highest BCUT2D eigenvalue weighted by Gasteiger charge is 2.16. The number of likely N-dealkylation sites (N-methyl/N-ethyl adjacent to an activating group) is 1. The van der Waals surface area contributed by atoms with Gasteiger partial charge in [-0.25, -0.2) is 4.98 Å². The second-order valence-electron chi connectivity index (χ2n) is 7.25. The highest BCUT2D eigenvalue weighted by Crippen LogP contribution is 2.14. The Hall–Kier alpha value is -1.82. The Morgan fingerprint density at radius 2 is 1.92 bits per heavy atom. The monoisotopic (exact) mass is 332 g/mol. The number of nitrogens with one attached hydrogen (secondary N) is 2. The summed E-state index contributed by atoms with van der Waals surface area (Å²) in [6, 6.07) is 4.27. The Balaban J connectivity index is 1.86. The highest BCUT2D eigenvalue weighted by atomic mass is 15.3. The lowest BCUT2D eigenvalue weighted by Crippen LogP contribution is -2.47. The van der Waals surface area contributed by atoms with Crippen LogP contribution in [0.4, 0.5) is 5.82 Å². The standard InChI is InChI=1S/C18H32N6/c1-6-23-9-11-24(12-10-23)16-8-7-15(13-20-16)14-21-17(19-5)22-18(2,3)4/h7-8,13H,6,9-12,14H2,1-5H3,(H2,19,21,22). The van der Waals surface area contributed by atoms with E-state index < -0.39 is 0 Å². The van der Waals surface area contributed by atoms with E-state index in [2.05, 4.69) is 70.2 Å². The average molecular weight is 332 g/mol. The average Bonchev–Trinajstić information content (AvgIpc) is 2.58. The van der Waals surface area contributed by atoms with Gasteiger partial charge in [0, 0.05) is 51.5 Å². The molecule has 0 saturated carbocycles. The first-order chi connectivity index (χ1) is 11.4. The molecule has 0 radical (unpaired) electrons. The summed E-state index contributed by atoms with van der Waals surface area (Å²) in [5.74, 6) is 1.88. The van der Waals surface area contributed by atoms with Crippen LogP contribution in [0.25, 0.3) is 0 Å². The van der Waals surface area contributed by atoms with E-state index in [1.54, 1.807) is 7.05 Å². The van der Waals surface area contributed by atoms with Gasteiger partial charge in [0.2, 0.25) is 0 Å². The summed E-state index contributed by atoms with van der Waals surface area (Å²) in [5.41, 5.74) is 1.15. The van der Waals surface area contributed by atoms with Crippen LogP contribution in [-0.4, -0.2) is 61.2 Å². The Labute approximate surface area is 146 Å². The lowest BCUT2D eigenvalue weighted by Gasteiger charge is -2.34. The normalized spacial score (nSPS) is 17.0. The van der Waals surface area contributed by atoms with Crippen molar-refractivity contribution in [3.63, 3.8) is 0 Å². The Bertz CT molecular complexity index is 523. The largest absolute Gasteiger partial charge is 0.354 e. The van der Waals surface area contributed by atoms with E-state index >= 15 is 0 Å². The number of anilines is 1. The molecule has 0 atom stereocenters. The zero-order valence-corrected chi connectivity index (χ0v) is 15.8. The Kier molecular flexibility index (Phi) is 6.43. The lowest BCUT2D eigenvalue weighted by molar-refractivity contribution is 0.270. The SMILES string of the molecule is CCN1CCN(c2ccc(CNC(=NC)NC(C)(C)C)cn2)CC1. The van der Waals surface area contributed by atoms with E-state index in [0.717, 1.165) is 50.1 Å². The molecule has 1 aromatic heterocycles. The number of hydrogen-bond acceptors (Lipinski definition) is 4. The Morgan fingerprint density at radius 1 is 1.21 bits per heavy atom. The van der Waals surface area contributed by atoms with Crippen LogP contribution in [0.2, 0.25) is 0 Å². The molecule has 6 heteroatoms. The van der Waals surface area contributed by atoms with Gasteiger partial charge in [0.1, 0.15) is 5.82 Å². The van der Waals surface area contributed by atoms with E-state index in [-0.39, 0.29) is 5.54 Å². The van der Waals surface area contributed by atoms with Gasteiger partial charge in [-0.1, -0.05) is 13.0 Å². The molecule has 1 aliphatic heterocycles. The van der Waals surface area contributed by atoms with E-state index in [1.165, 1.54) is 0 Å². The Morgan fingerprint density at radius 3 is 2.42 bits per heavy atom. The minimum Gasteiger partial charge on any atom is -0.354 e. The molecule has 0 aliphatic carbocycles. The van der Waals surface area contributed by atoms with Crippen LogP contribution in [0.15, 0.2) is 23.3 Å². The molecule has 1 saturated heterocycles. The van der Waals surface area contributed by atoms with Gasteiger partial charge in [-0.2, -0.15) is 0 Å². The third kappa shape index (κ3) is 5.67. The van der Waals surface area contributed by atoms with Gasteiger partial charge in [0.25, 0.3) is 0 Å². The third-order valence-corrected chi connectivity index (χ3v) is 4.13. The van der Waals surface area contributed by atoms with Crippen LogP contribution < -0.4 is 15.5 Å². The summed E-state index contributed by atoms with van der Waals surface area (Å²) in [6.07, 6.45) is 1.96. The minimum absolute atomic E-state index is 0.00934. The van der Waals surface area contributed by atoms with Crippen LogP contribution in [0.3, 0.4) is 0 Å². The van der Waals surface area contributed by atoms with Crippen molar-refractivity contribution in [2.24, 2.45) is 4.99 Å². The van der Waals surface area contributed by atoms with Gasteiger partial charge >= 0.3 is 0 Å². The van der Waals surface area contributed by atoms with Crippen molar-refractivity contribution in [3.8, 4) is 0 Å². The molecular weight excluding hydrogens is 300 g/mol. The zero-order valence-electron chi connectivity index (χ0n) is 15.8. The molecule has 2 heterocycles. The maximum atomic E-state index is 4.64. The van der Waals surface area contributed by atoms with Gasteiger partial charge in [-0.3, -0.25) is 4.99 Å². The van der Waals surface area contributed by atoms with Crippen molar-refractivity contribution in [1.82, 2.24) is 20.5 Å². The van der Waals surface area contributed by atoms with Crippen LogP contribution in [0.1, 0.15) is 33.3 Å². The van der Waals surface area contributed by atoms with Crippen LogP contribution >= 0.6 is 0 Å². The van der Waals surface area contributed by atoms with Crippen molar-refractivity contribution in [2.75, 3.05) is 44.7 Å². The second kappa shape index (κ2) is 8.33. The van der Waals surface area contributed by atoms with Crippen molar-refractivity contribution in [1.29, 1.82) is 0 Å². The molecule has 0 aromatic carbocycles. The molecular formula is C18H32N6. The smallest absolute Gasteiger partial charge is 0.191 e. The fraction of sp³-hybridized carbons (Fsp3) is 0.667. The fourth-order valence-corrected chi connectivity index (χ4v) is 2.72. The molecule has 1 fully saturated rings. The lowest BCUT2D eigenvalue weighted by atomic mass is 10.1. The molecule has 0 amide bonds.